The Morgan fingerprint density at radius 3 is 2.61 bits per heavy atom. The second kappa shape index (κ2) is 11.9. The average molecular weight is 497 g/mol. The van der Waals surface area contributed by atoms with E-state index in [4.69, 9.17) is 9.15 Å². The third kappa shape index (κ3) is 6.74. The van der Waals surface area contributed by atoms with Crippen LogP contribution in [-0.4, -0.2) is 42.6 Å². The van der Waals surface area contributed by atoms with Crippen molar-refractivity contribution >= 4 is 34.7 Å². The SMILES string of the molecule is COC(=O)c1ccc2nc(NC(CC3CCCCC3)C(=O)NC(C)CNc3ccc(F)cc3)oc2c1. The number of halogens is 1. The molecule has 0 saturated heterocycles. The minimum atomic E-state index is -0.519. The maximum absolute atomic E-state index is 13.3. The first-order valence-electron chi connectivity index (χ1n) is 12.5. The standard InChI is InChI=1S/C27H33FN4O4/c1-17(16-29-21-11-9-20(28)10-12-21)30-25(33)23(14-18-6-4-3-5-7-18)32-27-31-22-13-8-19(26(34)35-2)15-24(22)36-27/h8-13,15,17-18,23,29H,3-7,14,16H2,1-2H3,(H,30,33)(H,31,32). The fourth-order valence-electron chi connectivity index (χ4n) is 4.60. The van der Waals surface area contributed by atoms with Gasteiger partial charge in [-0.15, -0.1) is 0 Å². The minimum Gasteiger partial charge on any atom is -0.465 e. The maximum Gasteiger partial charge on any atom is 0.337 e. The molecule has 192 valence electrons. The zero-order chi connectivity index (χ0) is 25.5. The number of methoxy groups -OCH3 is 1. The number of rotatable bonds is 10. The Labute approximate surface area is 210 Å². The fraction of sp³-hybridized carbons (Fsp3) is 0.444. The largest absolute Gasteiger partial charge is 0.465 e. The Morgan fingerprint density at radius 2 is 1.89 bits per heavy atom. The van der Waals surface area contributed by atoms with Crippen molar-refractivity contribution < 1.29 is 23.1 Å². The molecule has 9 heteroatoms. The predicted molar refractivity (Wildman–Crippen MR) is 136 cm³/mol. The number of hydrogen-bond donors (Lipinski definition) is 3. The van der Waals surface area contributed by atoms with Crippen molar-refractivity contribution in [1.82, 2.24) is 10.3 Å². The Hall–Kier alpha value is -3.62. The van der Waals surface area contributed by atoms with E-state index in [1.54, 1.807) is 30.3 Å². The highest BCUT2D eigenvalue weighted by Crippen LogP contribution is 2.29. The van der Waals surface area contributed by atoms with Crippen molar-refractivity contribution in [2.24, 2.45) is 5.92 Å². The third-order valence-corrected chi connectivity index (χ3v) is 6.56. The van der Waals surface area contributed by atoms with Gasteiger partial charge in [-0.05, 0) is 61.7 Å². The van der Waals surface area contributed by atoms with E-state index in [1.807, 2.05) is 6.92 Å². The van der Waals surface area contributed by atoms with Gasteiger partial charge in [0, 0.05) is 18.3 Å². The number of fused-ring (bicyclic) bond motifs is 1. The Balaban J connectivity index is 1.43. The van der Waals surface area contributed by atoms with Gasteiger partial charge in [0.05, 0.1) is 12.7 Å². The van der Waals surface area contributed by atoms with Crippen LogP contribution in [0.4, 0.5) is 16.1 Å². The molecule has 2 aromatic carbocycles. The first-order valence-corrected chi connectivity index (χ1v) is 12.5. The summed E-state index contributed by atoms with van der Waals surface area (Å²) < 4.78 is 23.7. The lowest BCUT2D eigenvalue weighted by Crippen LogP contribution is -2.46. The van der Waals surface area contributed by atoms with Gasteiger partial charge in [-0.3, -0.25) is 4.79 Å². The highest BCUT2D eigenvalue weighted by atomic mass is 19.1. The van der Waals surface area contributed by atoms with Crippen LogP contribution in [0.15, 0.2) is 46.9 Å². The van der Waals surface area contributed by atoms with Crippen LogP contribution in [0, 0.1) is 11.7 Å². The monoisotopic (exact) mass is 496 g/mol. The molecule has 1 aliphatic carbocycles. The molecule has 0 bridgehead atoms. The summed E-state index contributed by atoms with van der Waals surface area (Å²) >= 11 is 0. The van der Waals surface area contributed by atoms with Crippen molar-refractivity contribution in [3.05, 3.63) is 53.8 Å². The molecular weight excluding hydrogens is 463 g/mol. The molecule has 1 fully saturated rings. The van der Waals surface area contributed by atoms with E-state index >= 15 is 0 Å². The van der Waals surface area contributed by atoms with Crippen molar-refractivity contribution in [3.63, 3.8) is 0 Å². The quantitative estimate of drug-likeness (QED) is 0.335. The van der Waals surface area contributed by atoms with Crippen LogP contribution in [0.5, 0.6) is 0 Å². The van der Waals surface area contributed by atoms with E-state index < -0.39 is 12.0 Å². The number of nitrogens with one attached hydrogen (secondary N) is 3. The zero-order valence-electron chi connectivity index (χ0n) is 20.7. The number of oxazole rings is 1. The Morgan fingerprint density at radius 1 is 1.14 bits per heavy atom. The molecular formula is C27H33FN4O4. The van der Waals surface area contributed by atoms with Crippen LogP contribution >= 0.6 is 0 Å². The summed E-state index contributed by atoms with van der Waals surface area (Å²) in [5.74, 6) is -0.434. The zero-order valence-corrected chi connectivity index (χ0v) is 20.7. The van der Waals surface area contributed by atoms with Crippen molar-refractivity contribution in [1.29, 1.82) is 0 Å². The van der Waals surface area contributed by atoms with Gasteiger partial charge < -0.3 is 25.1 Å². The number of nitrogens with zero attached hydrogens (tertiary/aromatic N) is 1. The van der Waals surface area contributed by atoms with E-state index in [0.717, 1.165) is 18.5 Å². The molecule has 1 saturated carbocycles. The summed E-state index contributed by atoms with van der Waals surface area (Å²) in [6, 6.07) is 10.6. The van der Waals surface area contributed by atoms with Gasteiger partial charge in [0.15, 0.2) is 5.58 Å². The topological polar surface area (TPSA) is 105 Å². The van der Waals surface area contributed by atoms with Crippen molar-refractivity contribution in [2.45, 2.75) is 57.5 Å². The second-order valence-electron chi connectivity index (χ2n) is 9.43. The minimum absolute atomic E-state index is 0.133. The predicted octanol–water partition coefficient (Wildman–Crippen LogP) is 5.12. The van der Waals surface area contributed by atoms with Crippen LogP contribution in [-0.2, 0) is 9.53 Å². The number of carbonyl (C=O) groups is 2. The first-order chi connectivity index (χ1) is 17.4. The Kier molecular flexibility index (Phi) is 8.40. The van der Waals surface area contributed by atoms with Gasteiger partial charge in [-0.1, -0.05) is 32.1 Å². The lowest BCUT2D eigenvalue weighted by Gasteiger charge is -2.27. The highest BCUT2D eigenvalue weighted by Gasteiger charge is 2.27. The van der Waals surface area contributed by atoms with Crippen LogP contribution in [0.25, 0.3) is 11.1 Å². The van der Waals surface area contributed by atoms with E-state index in [9.17, 15) is 14.0 Å². The van der Waals surface area contributed by atoms with E-state index in [0.29, 0.717) is 35.5 Å². The smallest absolute Gasteiger partial charge is 0.337 e. The summed E-state index contributed by atoms with van der Waals surface area (Å²) in [5.41, 5.74) is 2.17. The molecule has 4 rings (SSSR count). The van der Waals surface area contributed by atoms with Gasteiger partial charge in [-0.25, -0.2) is 9.18 Å². The molecule has 3 aromatic rings. The van der Waals surface area contributed by atoms with Crippen LogP contribution in [0.3, 0.4) is 0 Å². The maximum atomic E-state index is 13.3. The molecule has 36 heavy (non-hydrogen) atoms. The molecule has 2 atom stereocenters. The summed E-state index contributed by atoms with van der Waals surface area (Å²) in [6.45, 7) is 2.41. The van der Waals surface area contributed by atoms with Crippen LogP contribution in [0.1, 0.15) is 55.8 Å². The van der Waals surface area contributed by atoms with E-state index in [-0.39, 0.29) is 23.8 Å². The van der Waals surface area contributed by atoms with Gasteiger partial charge >= 0.3 is 5.97 Å². The number of anilines is 2. The highest BCUT2D eigenvalue weighted by molar-refractivity contribution is 5.93. The van der Waals surface area contributed by atoms with E-state index in [2.05, 4.69) is 20.9 Å². The summed E-state index contributed by atoms with van der Waals surface area (Å²) in [5, 5.41) is 9.48. The molecule has 8 nitrogen and oxygen atoms in total. The number of carbonyl (C=O) groups excluding carboxylic acids is 2. The summed E-state index contributed by atoms with van der Waals surface area (Å²) in [6.07, 6.45) is 6.47. The normalized spacial score (nSPS) is 15.8. The lowest BCUT2D eigenvalue weighted by atomic mass is 9.84. The molecule has 2 unspecified atom stereocenters. The van der Waals surface area contributed by atoms with Gasteiger partial charge in [-0.2, -0.15) is 4.98 Å². The number of aromatic nitrogens is 1. The Bertz CT molecular complexity index is 1170. The molecule has 0 radical (unpaired) electrons. The molecule has 3 N–H and O–H groups in total. The van der Waals surface area contributed by atoms with E-state index in [1.165, 1.54) is 38.5 Å². The van der Waals surface area contributed by atoms with Crippen LogP contribution in [0.2, 0.25) is 0 Å². The lowest BCUT2D eigenvalue weighted by molar-refractivity contribution is -0.122. The van der Waals surface area contributed by atoms with Crippen molar-refractivity contribution in [2.75, 3.05) is 24.3 Å². The van der Waals surface area contributed by atoms with Gasteiger partial charge in [0.25, 0.3) is 6.01 Å². The molecule has 1 amide bonds. The van der Waals surface area contributed by atoms with Gasteiger partial charge in [0.2, 0.25) is 5.91 Å². The average Bonchev–Trinajstić information content (AvgIpc) is 3.29. The second-order valence-corrected chi connectivity index (χ2v) is 9.43. The molecule has 1 heterocycles. The number of esters is 1. The van der Waals surface area contributed by atoms with Crippen LogP contribution < -0.4 is 16.0 Å². The molecule has 1 aromatic heterocycles. The molecule has 0 aliphatic heterocycles. The number of ether oxygens (including phenoxy) is 1. The third-order valence-electron chi connectivity index (χ3n) is 6.56. The van der Waals surface area contributed by atoms with Crippen molar-refractivity contribution in [3.8, 4) is 0 Å². The summed E-state index contributed by atoms with van der Waals surface area (Å²) in [4.78, 5) is 29.6. The molecule has 0 spiro atoms. The summed E-state index contributed by atoms with van der Waals surface area (Å²) in [7, 11) is 1.32. The number of amides is 1. The van der Waals surface area contributed by atoms with Gasteiger partial charge in [0.1, 0.15) is 17.4 Å². The number of hydrogen-bond acceptors (Lipinski definition) is 7. The number of benzene rings is 2. The fourth-order valence-corrected chi connectivity index (χ4v) is 4.60. The molecule has 1 aliphatic rings. The first kappa shape index (κ1) is 25.5.